The summed E-state index contributed by atoms with van der Waals surface area (Å²) in [4.78, 5) is 7.07. The van der Waals surface area contributed by atoms with Crippen molar-refractivity contribution in [3.05, 3.63) is 59.5 Å². The molecular formula is C20H23N3O3S. The third-order valence-corrected chi connectivity index (χ3v) is 6.85. The van der Waals surface area contributed by atoms with Gasteiger partial charge in [0.15, 0.2) is 5.58 Å². The van der Waals surface area contributed by atoms with Crippen LogP contribution in [-0.4, -0.2) is 48.8 Å². The Balaban J connectivity index is 1.41. The van der Waals surface area contributed by atoms with Crippen molar-refractivity contribution in [2.24, 2.45) is 0 Å². The summed E-state index contributed by atoms with van der Waals surface area (Å²) < 4.78 is 33.0. The second-order valence-electron chi connectivity index (χ2n) is 7.07. The fourth-order valence-electron chi connectivity index (χ4n) is 3.33. The Hall–Kier alpha value is -2.22. The largest absolute Gasteiger partial charge is 0.439 e. The number of sulfonamides is 1. The Morgan fingerprint density at radius 1 is 0.963 bits per heavy atom. The highest BCUT2D eigenvalue weighted by atomic mass is 32.2. The molecule has 3 aromatic rings. The number of fused-ring (bicyclic) bond motifs is 1. The highest BCUT2D eigenvalue weighted by Crippen LogP contribution is 2.21. The minimum Gasteiger partial charge on any atom is -0.439 e. The van der Waals surface area contributed by atoms with Crippen molar-refractivity contribution in [1.29, 1.82) is 0 Å². The Bertz CT molecular complexity index is 1050. The Labute approximate surface area is 159 Å². The summed E-state index contributed by atoms with van der Waals surface area (Å²) in [6.45, 7) is 6.81. The van der Waals surface area contributed by atoms with Gasteiger partial charge < -0.3 is 4.42 Å². The second kappa shape index (κ2) is 7.07. The average Bonchev–Trinajstić information content (AvgIpc) is 3.04. The molecule has 1 aromatic heterocycles. The van der Waals surface area contributed by atoms with Crippen LogP contribution in [0.1, 0.15) is 17.0 Å². The van der Waals surface area contributed by atoms with Crippen molar-refractivity contribution in [2.45, 2.75) is 25.3 Å². The number of aromatic nitrogens is 1. The van der Waals surface area contributed by atoms with Crippen molar-refractivity contribution < 1.29 is 12.8 Å². The zero-order valence-corrected chi connectivity index (χ0v) is 16.4. The van der Waals surface area contributed by atoms with Crippen LogP contribution in [0.5, 0.6) is 0 Å². The quantitative estimate of drug-likeness (QED) is 0.691. The van der Waals surface area contributed by atoms with Gasteiger partial charge in [0.05, 0.1) is 11.4 Å². The first-order chi connectivity index (χ1) is 12.9. The van der Waals surface area contributed by atoms with E-state index in [9.17, 15) is 8.42 Å². The lowest BCUT2D eigenvalue weighted by molar-refractivity contribution is 0.169. The van der Waals surface area contributed by atoms with Gasteiger partial charge in [-0.15, -0.1) is 0 Å². The molecule has 27 heavy (non-hydrogen) atoms. The molecule has 2 aromatic carbocycles. The van der Waals surface area contributed by atoms with Crippen LogP contribution in [-0.2, 0) is 16.6 Å². The summed E-state index contributed by atoms with van der Waals surface area (Å²) in [5, 5.41) is 0. The van der Waals surface area contributed by atoms with Gasteiger partial charge >= 0.3 is 0 Å². The van der Waals surface area contributed by atoms with Crippen LogP contribution in [0.15, 0.2) is 51.8 Å². The van der Waals surface area contributed by atoms with Crippen molar-refractivity contribution >= 4 is 21.1 Å². The number of hydrogen-bond acceptors (Lipinski definition) is 5. The van der Waals surface area contributed by atoms with Crippen LogP contribution in [0, 0.1) is 13.8 Å². The molecule has 0 atom stereocenters. The SMILES string of the molecule is Cc1ccc(S(=O)(=O)N2CCN(Cc3nc4ccc(C)cc4o3)CC2)cc1. The smallest absolute Gasteiger partial charge is 0.243 e. The van der Waals surface area contributed by atoms with Crippen molar-refractivity contribution in [3.63, 3.8) is 0 Å². The van der Waals surface area contributed by atoms with E-state index >= 15 is 0 Å². The van der Waals surface area contributed by atoms with Crippen LogP contribution < -0.4 is 0 Å². The normalized spacial score (nSPS) is 16.8. The summed E-state index contributed by atoms with van der Waals surface area (Å²) in [5.74, 6) is 0.672. The lowest BCUT2D eigenvalue weighted by Crippen LogP contribution is -2.48. The molecule has 0 N–H and O–H groups in total. The minimum absolute atomic E-state index is 0.357. The number of benzene rings is 2. The number of oxazole rings is 1. The van der Waals surface area contributed by atoms with E-state index < -0.39 is 10.0 Å². The zero-order valence-electron chi connectivity index (χ0n) is 15.6. The van der Waals surface area contributed by atoms with Gasteiger partial charge in [0, 0.05) is 26.2 Å². The van der Waals surface area contributed by atoms with E-state index in [2.05, 4.69) is 9.88 Å². The highest BCUT2D eigenvalue weighted by Gasteiger charge is 2.28. The van der Waals surface area contributed by atoms with Crippen LogP contribution in [0.3, 0.4) is 0 Å². The van der Waals surface area contributed by atoms with Gasteiger partial charge in [-0.05, 0) is 43.7 Å². The maximum Gasteiger partial charge on any atom is 0.243 e. The standard InChI is InChI=1S/C20H23N3O3S/c1-15-3-6-17(7-4-15)27(24,25)23-11-9-22(10-12-23)14-20-21-18-8-5-16(2)13-19(18)26-20/h3-8,13H,9-12,14H2,1-2H3. The van der Waals surface area contributed by atoms with Gasteiger partial charge in [-0.2, -0.15) is 4.31 Å². The number of piperazine rings is 1. The van der Waals surface area contributed by atoms with Gasteiger partial charge in [-0.1, -0.05) is 23.8 Å². The molecule has 142 valence electrons. The topological polar surface area (TPSA) is 66.7 Å². The van der Waals surface area contributed by atoms with E-state index in [0.29, 0.717) is 43.5 Å². The third-order valence-electron chi connectivity index (χ3n) is 4.94. The lowest BCUT2D eigenvalue weighted by Gasteiger charge is -2.33. The summed E-state index contributed by atoms with van der Waals surface area (Å²) >= 11 is 0. The third kappa shape index (κ3) is 3.76. The van der Waals surface area contributed by atoms with Crippen molar-refractivity contribution in [2.75, 3.05) is 26.2 Å². The van der Waals surface area contributed by atoms with E-state index in [1.165, 1.54) is 0 Å². The highest BCUT2D eigenvalue weighted by molar-refractivity contribution is 7.89. The van der Waals surface area contributed by atoms with E-state index in [1.807, 2.05) is 44.2 Å². The maximum absolute atomic E-state index is 12.8. The molecule has 0 spiro atoms. The van der Waals surface area contributed by atoms with E-state index in [1.54, 1.807) is 16.4 Å². The molecule has 0 radical (unpaired) electrons. The summed E-state index contributed by atoms with van der Waals surface area (Å²) in [6, 6.07) is 13.0. The fraction of sp³-hybridized carbons (Fsp3) is 0.350. The van der Waals surface area contributed by atoms with E-state index in [4.69, 9.17) is 4.42 Å². The predicted molar refractivity (Wildman–Crippen MR) is 104 cm³/mol. The number of aryl methyl sites for hydroxylation is 2. The molecule has 4 rings (SSSR count). The zero-order chi connectivity index (χ0) is 19.0. The van der Waals surface area contributed by atoms with Crippen LogP contribution in [0.25, 0.3) is 11.1 Å². The van der Waals surface area contributed by atoms with E-state index in [-0.39, 0.29) is 0 Å². The van der Waals surface area contributed by atoms with Gasteiger partial charge in [0.2, 0.25) is 15.9 Å². The monoisotopic (exact) mass is 385 g/mol. The van der Waals surface area contributed by atoms with Crippen molar-refractivity contribution in [1.82, 2.24) is 14.2 Å². The number of nitrogens with zero attached hydrogens (tertiary/aromatic N) is 3. The predicted octanol–water partition coefficient (Wildman–Crippen LogP) is 2.95. The van der Waals surface area contributed by atoms with Gasteiger partial charge in [-0.25, -0.2) is 13.4 Å². The van der Waals surface area contributed by atoms with Gasteiger partial charge in [0.1, 0.15) is 5.52 Å². The minimum atomic E-state index is -3.43. The summed E-state index contributed by atoms with van der Waals surface area (Å²) in [5.41, 5.74) is 3.84. The maximum atomic E-state index is 12.8. The summed E-state index contributed by atoms with van der Waals surface area (Å²) in [7, 11) is -3.43. The molecule has 6 nitrogen and oxygen atoms in total. The molecule has 0 amide bonds. The molecule has 7 heteroatoms. The molecule has 2 heterocycles. The Kier molecular flexibility index (Phi) is 4.75. The molecule has 0 saturated carbocycles. The molecule has 1 fully saturated rings. The van der Waals surface area contributed by atoms with Crippen LogP contribution >= 0.6 is 0 Å². The molecule has 0 aliphatic carbocycles. The fourth-order valence-corrected chi connectivity index (χ4v) is 4.75. The average molecular weight is 385 g/mol. The molecule has 1 aliphatic rings. The number of rotatable bonds is 4. The van der Waals surface area contributed by atoms with Crippen molar-refractivity contribution in [3.8, 4) is 0 Å². The first-order valence-corrected chi connectivity index (χ1v) is 10.5. The second-order valence-corrected chi connectivity index (χ2v) is 9.01. The van der Waals surface area contributed by atoms with Crippen LogP contribution in [0.4, 0.5) is 0 Å². The van der Waals surface area contributed by atoms with E-state index in [0.717, 1.165) is 22.2 Å². The lowest BCUT2D eigenvalue weighted by atomic mass is 10.2. The van der Waals surface area contributed by atoms with Crippen LogP contribution in [0.2, 0.25) is 0 Å². The molecule has 1 aliphatic heterocycles. The molecule has 1 saturated heterocycles. The first kappa shape index (κ1) is 18.2. The first-order valence-electron chi connectivity index (χ1n) is 9.07. The van der Waals surface area contributed by atoms with Gasteiger partial charge in [-0.3, -0.25) is 4.90 Å². The summed E-state index contributed by atoms with van der Waals surface area (Å²) in [6.07, 6.45) is 0. The molecule has 0 unspecified atom stereocenters. The number of hydrogen-bond donors (Lipinski definition) is 0. The Morgan fingerprint density at radius 2 is 1.63 bits per heavy atom. The molecular weight excluding hydrogens is 362 g/mol. The molecule has 0 bridgehead atoms. The Morgan fingerprint density at radius 3 is 2.33 bits per heavy atom. The van der Waals surface area contributed by atoms with Gasteiger partial charge in [0.25, 0.3) is 0 Å².